The van der Waals surface area contributed by atoms with E-state index in [4.69, 9.17) is 5.73 Å². The second kappa shape index (κ2) is 6.00. The van der Waals surface area contributed by atoms with Gasteiger partial charge in [0.1, 0.15) is 0 Å². The zero-order valence-electron chi connectivity index (χ0n) is 10.9. The number of nitrogens with one attached hydrogen (secondary N) is 1. The van der Waals surface area contributed by atoms with Crippen molar-refractivity contribution < 1.29 is 9.59 Å². The molecule has 3 N–H and O–H groups in total. The molecule has 98 valence electrons. The summed E-state index contributed by atoms with van der Waals surface area (Å²) in [6.07, 6.45) is 2.75. The molecular formula is C12H23N3O2. The summed E-state index contributed by atoms with van der Waals surface area (Å²) in [5.41, 5.74) is 5.79. The van der Waals surface area contributed by atoms with Crippen LogP contribution in [0.4, 0.5) is 0 Å². The van der Waals surface area contributed by atoms with Crippen molar-refractivity contribution in [2.75, 3.05) is 13.6 Å². The molecule has 0 aromatic rings. The van der Waals surface area contributed by atoms with E-state index in [1.807, 2.05) is 13.8 Å². The van der Waals surface area contributed by atoms with Crippen LogP contribution < -0.4 is 11.1 Å². The van der Waals surface area contributed by atoms with Gasteiger partial charge >= 0.3 is 0 Å². The maximum Gasteiger partial charge on any atom is 0.239 e. The first-order valence-corrected chi connectivity index (χ1v) is 6.20. The van der Waals surface area contributed by atoms with E-state index in [1.165, 1.54) is 4.90 Å². The van der Waals surface area contributed by atoms with Crippen LogP contribution in [0.2, 0.25) is 0 Å². The number of rotatable bonds is 6. The Morgan fingerprint density at radius 3 is 2.47 bits per heavy atom. The Morgan fingerprint density at radius 1 is 1.41 bits per heavy atom. The van der Waals surface area contributed by atoms with E-state index in [-0.39, 0.29) is 18.4 Å². The van der Waals surface area contributed by atoms with Crippen molar-refractivity contribution in [3.05, 3.63) is 0 Å². The van der Waals surface area contributed by atoms with Crippen LogP contribution in [0.1, 0.15) is 33.1 Å². The van der Waals surface area contributed by atoms with Crippen molar-refractivity contribution in [3.63, 3.8) is 0 Å². The van der Waals surface area contributed by atoms with Crippen LogP contribution in [0, 0.1) is 5.92 Å². The summed E-state index contributed by atoms with van der Waals surface area (Å²) in [7, 11) is 1.62. The minimum atomic E-state index is -0.506. The van der Waals surface area contributed by atoms with Crippen molar-refractivity contribution in [2.45, 2.75) is 45.2 Å². The fraction of sp³-hybridized carbons (Fsp3) is 0.833. The highest BCUT2D eigenvalue weighted by Gasteiger charge is 2.25. The van der Waals surface area contributed by atoms with Gasteiger partial charge < -0.3 is 16.0 Å². The normalized spacial score (nSPS) is 16.8. The Labute approximate surface area is 103 Å². The summed E-state index contributed by atoms with van der Waals surface area (Å²) in [6.45, 7) is 4.14. The zero-order valence-corrected chi connectivity index (χ0v) is 10.9. The number of carbonyl (C=O) groups is 2. The van der Waals surface area contributed by atoms with Gasteiger partial charge in [-0.3, -0.25) is 9.59 Å². The molecule has 0 aromatic carbocycles. The number of nitrogens with zero attached hydrogens (tertiary/aromatic N) is 1. The van der Waals surface area contributed by atoms with Crippen molar-refractivity contribution in [1.82, 2.24) is 10.2 Å². The van der Waals surface area contributed by atoms with Crippen LogP contribution in [-0.4, -0.2) is 42.4 Å². The summed E-state index contributed by atoms with van der Waals surface area (Å²) >= 11 is 0. The maximum atomic E-state index is 11.8. The van der Waals surface area contributed by atoms with Gasteiger partial charge in [-0.1, -0.05) is 13.8 Å². The van der Waals surface area contributed by atoms with Gasteiger partial charge in [-0.25, -0.2) is 0 Å². The van der Waals surface area contributed by atoms with Gasteiger partial charge in [0.25, 0.3) is 0 Å². The Balaban J connectivity index is 2.31. The summed E-state index contributed by atoms with van der Waals surface area (Å²) in [5.74, 6) is 0.118. The Kier molecular flexibility index (Phi) is 4.93. The Hall–Kier alpha value is -1.10. The van der Waals surface area contributed by atoms with Gasteiger partial charge in [0.15, 0.2) is 0 Å². The molecule has 1 aliphatic rings. The SMILES string of the molecule is CC(C)C[C@@H](N)C(=O)N(C)CC(=O)NC1CC1. The number of hydrogen-bond acceptors (Lipinski definition) is 3. The number of amides is 2. The highest BCUT2D eigenvalue weighted by Crippen LogP contribution is 2.18. The number of carbonyl (C=O) groups excluding carboxylic acids is 2. The van der Waals surface area contributed by atoms with E-state index in [2.05, 4.69) is 5.32 Å². The first kappa shape index (κ1) is 14.0. The molecule has 1 saturated carbocycles. The molecule has 0 bridgehead atoms. The van der Waals surface area contributed by atoms with Crippen LogP contribution in [0.25, 0.3) is 0 Å². The van der Waals surface area contributed by atoms with Gasteiger partial charge in [-0.15, -0.1) is 0 Å². The van der Waals surface area contributed by atoms with Gasteiger partial charge in [-0.2, -0.15) is 0 Å². The minimum Gasteiger partial charge on any atom is -0.352 e. The smallest absolute Gasteiger partial charge is 0.239 e. The fourth-order valence-electron chi connectivity index (χ4n) is 1.69. The first-order chi connectivity index (χ1) is 7.90. The minimum absolute atomic E-state index is 0.0971. The molecule has 1 fully saturated rings. The topological polar surface area (TPSA) is 75.4 Å². The average Bonchev–Trinajstić information content (AvgIpc) is 2.98. The van der Waals surface area contributed by atoms with Crippen molar-refractivity contribution in [3.8, 4) is 0 Å². The standard InChI is InChI=1S/C12H23N3O2/c1-8(2)6-10(13)12(17)15(3)7-11(16)14-9-4-5-9/h8-10H,4-7,13H2,1-3H3,(H,14,16)/t10-/m1/s1. The summed E-state index contributed by atoms with van der Waals surface area (Å²) in [5, 5.41) is 2.85. The summed E-state index contributed by atoms with van der Waals surface area (Å²) < 4.78 is 0. The molecule has 1 rings (SSSR count). The third kappa shape index (κ3) is 5.17. The third-order valence-corrected chi connectivity index (χ3v) is 2.74. The Morgan fingerprint density at radius 2 is 2.00 bits per heavy atom. The van der Waals surface area contributed by atoms with E-state index < -0.39 is 6.04 Å². The lowest BCUT2D eigenvalue weighted by Crippen LogP contribution is -2.46. The molecule has 5 nitrogen and oxygen atoms in total. The molecule has 0 aromatic heterocycles. The van der Waals surface area contributed by atoms with E-state index in [0.29, 0.717) is 18.4 Å². The molecule has 17 heavy (non-hydrogen) atoms. The van der Waals surface area contributed by atoms with Crippen LogP contribution >= 0.6 is 0 Å². The second-order valence-corrected chi connectivity index (χ2v) is 5.27. The third-order valence-electron chi connectivity index (χ3n) is 2.74. The number of nitrogens with two attached hydrogens (primary N) is 1. The van der Waals surface area contributed by atoms with Crippen LogP contribution in [0.5, 0.6) is 0 Å². The molecule has 1 aliphatic carbocycles. The molecule has 1 atom stereocenters. The fourth-order valence-corrected chi connectivity index (χ4v) is 1.69. The Bertz CT molecular complexity index is 287. The number of hydrogen-bond donors (Lipinski definition) is 2. The van der Waals surface area contributed by atoms with Crippen molar-refractivity contribution in [1.29, 1.82) is 0 Å². The van der Waals surface area contributed by atoms with Gasteiger partial charge in [0.2, 0.25) is 11.8 Å². The largest absolute Gasteiger partial charge is 0.352 e. The lowest BCUT2D eigenvalue weighted by Gasteiger charge is -2.21. The van der Waals surface area contributed by atoms with Gasteiger partial charge in [0.05, 0.1) is 12.6 Å². The van der Waals surface area contributed by atoms with Crippen LogP contribution in [0.3, 0.4) is 0 Å². The van der Waals surface area contributed by atoms with Crippen molar-refractivity contribution >= 4 is 11.8 Å². The molecule has 5 heteroatoms. The molecule has 0 spiro atoms. The summed E-state index contributed by atoms with van der Waals surface area (Å²) in [6, 6.07) is -0.177. The molecule has 0 aliphatic heterocycles. The second-order valence-electron chi connectivity index (χ2n) is 5.27. The number of likely N-dealkylation sites (N-methyl/N-ethyl adjacent to an activating group) is 1. The van der Waals surface area contributed by atoms with Gasteiger partial charge in [-0.05, 0) is 25.2 Å². The van der Waals surface area contributed by atoms with E-state index in [1.54, 1.807) is 7.05 Å². The lowest BCUT2D eigenvalue weighted by atomic mass is 10.0. The quantitative estimate of drug-likeness (QED) is 0.692. The van der Waals surface area contributed by atoms with Crippen LogP contribution in [0.15, 0.2) is 0 Å². The highest BCUT2D eigenvalue weighted by atomic mass is 16.2. The molecule has 2 amide bonds. The molecule has 0 radical (unpaired) electrons. The average molecular weight is 241 g/mol. The molecule has 0 unspecified atom stereocenters. The van der Waals surface area contributed by atoms with E-state index in [0.717, 1.165) is 12.8 Å². The van der Waals surface area contributed by atoms with Gasteiger partial charge in [0, 0.05) is 13.1 Å². The van der Waals surface area contributed by atoms with Crippen LogP contribution in [-0.2, 0) is 9.59 Å². The van der Waals surface area contributed by atoms with E-state index >= 15 is 0 Å². The van der Waals surface area contributed by atoms with E-state index in [9.17, 15) is 9.59 Å². The van der Waals surface area contributed by atoms with Crippen molar-refractivity contribution in [2.24, 2.45) is 11.7 Å². The zero-order chi connectivity index (χ0) is 13.0. The predicted molar refractivity (Wildman–Crippen MR) is 66.2 cm³/mol. The monoisotopic (exact) mass is 241 g/mol. The molecular weight excluding hydrogens is 218 g/mol. The first-order valence-electron chi connectivity index (χ1n) is 6.20. The molecule has 0 heterocycles. The lowest BCUT2D eigenvalue weighted by molar-refractivity contribution is -0.136. The predicted octanol–water partition coefficient (Wildman–Crippen LogP) is 0.0968. The maximum absolute atomic E-state index is 11.8. The highest BCUT2D eigenvalue weighted by molar-refractivity contribution is 5.87. The summed E-state index contributed by atoms with van der Waals surface area (Å²) in [4.78, 5) is 24.8. The molecule has 0 saturated heterocycles.